The van der Waals surface area contributed by atoms with Gasteiger partial charge in [-0.15, -0.1) is 0 Å². The molecule has 0 bridgehead atoms. The highest BCUT2D eigenvalue weighted by Gasteiger charge is 2.33. The Morgan fingerprint density at radius 3 is 2.61 bits per heavy atom. The van der Waals surface area contributed by atoms with Crippen molar-refractivity contribution >= 4 is 16.1 Å². The predicted octanol–water partition coefficient (Wildman–Crippen LogP) is 0.0655. The van der Waals surface area contributed by atoms with Crippen molar-refractivity contribution in [3.8, 4) is 0 Å². The molecule has 0 atom stereocenters. The molecule has 0 spiro atoms. The van der Waals surface area contributed by atoms with Gasteiger partial charge in [-0.05, 0) is 18.9 Å². The number of fused-ring (bicyclic) bond motifs is 1. The fraction of sp³-hybridized carbons (Fsp3) is 0.714. The Bertz CT molecular complexity index is 679. The molecule has 1 fully saturated rings. The molecule has 1 aromatic heterocycles. The molecule has 23 heavy (non-hydrogen) atoms. The first-order valence-corrected chi connectivity index (χ1v) is 9.42. The third kappa shape index (κ3) is 3.56. The van der Waals surface area contributed by atoms with Crippen molar-refractivity contribution in [1.29, 1.82) is 0 Å². The van der Waals surface area contributed by atoms with E-state index in [1.54, 1.807) is 4.31 Å². The molecule has 1 saturated heterocycles. The van der Waals surface area contributed by atoms with Crippen LogP contribution in [0.25, 0.3) is 0 Å². The average molecular weight is 341 g/mol. The molecule has 3 heterocycles. The first-order chi connectivity index (χ1) is 11.0. The van der Waals surface area contributed by atoms with Crippen LogP contribution in [0, 0.1) is 0 Å². The molecule has 2 aliphatic rings. The zero-order valence-electron chi connectivity index (χ0n) is 13.4. The molecule has 3 rings (SSSR count). The summed E-state index contributed by atoms with van der Waals surface area (Å²) in [5.41, 5.74) is 1.63. The molecule has 1 amide bonds. The zero-order valence-corrected chi connectivity index (χ0v) is 14.2. The number of amides is 1. The maximum absolute atomic E-state index is 12.7. The smallest absolute Gasteiger partial charge is 0.282 e. The van der Waals surface area contributed by atoms with Gasteiger partial charge in [0.15, 0.2) is 0 Å². The largest absolute Gasteiger partial charge is 0.351 e. The first kappa shape index (κ1) is 16.4. The van der Waals surface area contributed by atoms with Crippen molar-refractivity contribution in [2.75, 3.05) is 19.6 Å². The van der Waals surface area contributed by atoms with Gasteiger partial charge in [-0.3, -0.25) is 9.48 Å². The van der Waals surface area contributed by atoms with Gasteiger partial charge in [-0.25, -0.2) is 0 Å². The average Bonchev–Trinajstić information content (AvgIpc) is 2.95. The Morgan fingerprint density at radius 2 is 1.91 bits per heavy atom. The van der Waals surface area contributed by atoms with Crippen LogP contribution in [0.3, 0.4) is 0 Å². The van der Waals surface area contributed by atoms with Crippen LogP contribution in [0.2, 0.25) is 0 Å². The van der Waals surface area contributed by atoms with Gasteiger partial charge in [-0.2, -0.15) is 22.1 Å². The van der Waals surface area contributed by atoms with Crippen molar-refractivity contribution in [1.82, 2.24) is 23.7 Å². The van der Waals surface area contributed by atoms with Gasteiger partial charge < -0.3 is 5.32 Å². The van der Waals surface area contributed by atoms with Crippen LogP contribution in [0.4, 0.5) is 0 Å². The molecule has 0 aromatic carbocycles. The lowest BCUT2D eigenvalue weighted by Crippen LogP contribution is -2.48. The van der Waals surface area contributed by atoms with Crippen molar-refractivity contribution in [2.45, 2.75) is 45.8 Å². The molecular formula is C14H23N5O3S. The second-order valence-corrected chi connectivity index (χ2v) is 7.99. The summed E-state index contributed by atoms with van der Waals surface area (Å²) in [5, 5.41) is 7.13. The van der Waals surface area contributed by atoms with E-state index >= 15 is 0 Å². The normalized spacial score (nSPS) is 20.2. The maximum atomic E-state index is 12.7. The van der Waals surface area contributed by atoms with E-state index in [4.69, 9.17) is 0 Å². The van der Waals surface area contributed by atoms with E-state index in [0.717, 1.165) is 30.7 Å². The molecule has 1 N–H and O–H groups in total. The van der Waals surface area contributed by atoms with Gasteiger partial charge in [0.1, 0.15) is 0 Å². The lowest BCUT2D eigenvalue weighted by molar-refractivity contribution is -0.119. The van der Waals surface area contributed by atoms with Crippen LogP contribution in [-0.2, 0) is 34.6 Å². The molecule has 0 saturated carbocycles. The number of piperidine rings is 1. The lowest BCUT2D eigenvalue weighted by atomic mass is 10.2. The van der Waals surface area contributed by atoms with Crippen molar-refractivity contribution in [3.63, 3.8) is 0 Å². The van der Waals surface area contributed by atoms with Crippen molar-refractivity contribution < 1.29 is 13.2 Å². The number of aromatic nitrogens is 2. The second kappa shape index (κ2) is 6.58. The molecule has 0 radical (unpaired) electrons. The van der Waals surface area contributed by atoms with Gasteiger partial charge in [-0.1, -0.05) is 6.42 Å². The van der Waals surface area contributed by atoms with Gasteiger partial charge in [0.25, 0.3) is 10.2 Å². The van der Waals surface area contributed by atoms with E-state index in [2.05, 4.69) is 10.4 Å². The molecule has 1 aromatic rings. The quantitative estimate of drug-likeness (QED) is 0.839. The zero-order chi connectivity index (χ0) is 16.4. The minimum atomic E-state index is -3.39. The molecule has 0 aliphatic carbocycles. The second-order valence-electron chi connectivity index (χ2n) is 6.06. The summed E-state index contributed by atoms with van der Waals surface area (Å²) >= 11 is 0. The molecule has 2 aliphatic heterocycles. The minimum absolute atomic E-state index is 0.106. The van der Waals surface area contributed by atoms with E-state index in [0.29, 0.717) is 39.3 Å². The van der Waals surface area contributed by atoms with Crippen molar-refractivity contribution in [3.05, 3.63) is 17.5 Å². The van der Waals surface area contributed by atoms with Crippen LogP contribution >= 0.6 is 0 Å². The van der Waals surface area contributed by atoms with Crippen LogP contribution in [0.15, 0.2) is 6.07 Å². The highest BCUT2D eigenvalue weighted by atomic mass is 32.2. The summed E-state index contributed by atoms with van der Waals surface area (Å²) in [7, 11) is -3.39. The fourth-order valence-corrected chi connectivity index (χ4v) is 4.71. The van der Waals surface area contributed by atoms with E-state index in [-0.39, 0.29) is 5.91 Å². The first-order valence-electron chi connectivity index (χ1n) is 8.02. The van der Waals surface area contributed by atoms with Gasteiger partial charge >= 0.3 is 0 Å². The van der Waals surface area contributed by atoms with E-state index in [9.17, 15) is 13.2 Å². The van der Waals surface area contributed by atoms with E-state index < -0.39 is 10.2 Å². The Labute approximate surface area is 136 Å². The number of rotatable bonds is 4. The van der Waals surface area contributed by atoms with Crippen molar-refractivity contribution in [2.24, 2.45) is 0 Å². The fourth-order valence-electron chi connectivity index (χ4n) is 3.06. The van der Waals surface area contributed by atoms with Crippen LogP contribution in [-0.4, -0.2) is 52.4 Å². The van der Waals surface area contributed by atoms with Gasteiger partial charge in [0, 0.05) is 26.6 Å². The number of hydrogen-bond donors (Lipinski definition) is 1. The summed E-state index contributed by atoms with van der Waals surface area (Å²) in [6, 6.07) is 1.87. The summed E-state index contributed by atoms with van der Waals surface area (Å²) in [5.74, 6) is -0.106. The summed E-state index contributed by atoms with van der Waals surface area (Å²) < 4.78 is 30.4. The van der Waals surface area contributed by atoms with E-state index in [1.165, 1.54) is 11.2 Å². The highest BCUT2D eigenvalue weighted by Crippen LogP contribution is 2.21. The van der Waals surface area contributed by atoms with Gasteiger partial charge in [0.05, 0.1) is 31.0 Å². The van der Waals surface area contributed by atoms with Crippen LogP contribution in [0.1, 0.15) is 37.6 Å². The Kier molecular flexibility index (Phi) is 4.69. The monoisotopic (exact) mass is 341 g/mol. The van der Waals surface area contributed by atoms with Crippen LogP contribution < -0.4 is 5.32 Å². The lowest BCUT2D eigenvalue weighted by Gasteiger charge is -2.34. The van der Waals surface area contributed by atoms with Crippen LogP contribution in [0.5, 0.6) is 0 Å². The standard InChI is InChI=1S/C14H23N5O3S/c1-12(20)15-10-13-9-14-11-18(7-8-19(14)16-13)23(21,22)17-5-3-2-4-6-17/h9H,2-8,10-11H2,1H3,(H,15,20). The molecular weight excluding hydrogens is 318 g/mol. The number of hydrogen-bond acceptors (Lipinski definition) is 4. The highest BCUT2D eigenvalue weighted by molar-refractivity contribution is 7.86. The Morgan fingerprint density at radius 1 is 1.17 bits per heavy atom. The molecule has 9 heteroatoms. The third-order valence-corrected chi connectivity index (χ3v) is 6.28. The van der Waals surface area contributed by atoms with Gasteiger partial charge in [0.2, 0.25) is 5.91 Å². The molecule has 128 valence electrons. The van der Waals surface area contributed by atoms with E-state index in [1.807, 2.05) is 10.7 Å². The number of carbonyl (C=O) groups is 1. The summed E-state index contributed by atoms with van der Waals surface area (Å²) in [6.07, 6.45) is 2.98. The topological polar surface area (TPSA) is 87.5 Å². The number of nitrogens with one attached hydrogen (secondary N) is 1. The SMILES string of the molecule is CC(=O)NCc1cc2n(n1)CCN(S(=O)(=O)N1CCCCC1)C2. The Hall–Kier alpha value is -1.45. The number of carbonyl (C=O) groups excluding carboxylic acids is 1. The molecule has 0 unspecified atom stereocenters. The maximum Gasteiger partial charge on any atom is 0.282 e. The third-order valence-electron chi connectivity index (χ3n) is 4.30. The predicted molar refractivity (Wildman–Crippen MR) is 84.5 cm³/mol. The molecule has 8 nitrogen and oxygen atoms in total. The summed E-state index contributed by atoms with van der Waals surface area (Å²) in [4.78, 5) is 11.0. The number of nitrogens with zero attached hydrogens (tertiary/aromatic N) is 4. The Balaban J connectivity index is 1.70. The minimum Gasteiger partial charge on any atom is -0.351 e. The summed E-state index contributed by atoms with van der Waals surface area (Å²) in [6.45, 7) is 4.39.